The zero-order chi connectivity index (χ0) is 9.56. The highest BCUT2D eigenvalue weighted by Gasteiger charge is 2.20. The van der Waals surface area contributed by atoms with Crippen LogP contribution in [-0.4, -0.2) is 18.9 Å². The minimum atomic E-state index is -0.596. The van der Waals surface area contributed by atoms with Crippen LogP contribution in [0.25, 0.3) is 0 Å². The summed E-state index contributed by atoms with van der Waals surface area (Å²) < 4.78 is 4.45. The Morgan fingerprint density at radius 2 is 2.00 bits per heavy atom. The first-order valence-electron chi connectivity index (χ1n) is 4.24. The molecule has 0 aliphatic rings. The molecule has 0 saturated heterocycles. The van der Waals surface area contributed by atoms with Gasteiger partial charge in [-0.2, -0.15) is 0 Å². The molecule has 0 aromatic heterocycles. The van der Waals surface area contributed by atoms with E-state index in [1.807, 2.05) is 6.92 Å². The molecule has 0 heterocycles. The lowest BCUT2D eigenvalue weighted by atomic mass is 10.0. The van der Waals surface area contributed by atoms with Crippen molar-refractivity contribution in [2.24, 2.45) is 5.92 Å². The third kappa shape index (κ3) is 3.51. The van der Waals surface area contributed by atoms with E-state index in [2.05, 4.69) is 4.74 Å². The van der Waals surface area contributed by atoms with Gasteiger partial charge in [-0.05, 0) is 13.3 Å². The number of ketones is 1. The Morgan fingerprint density at radius 3 is 2.42 bits per heavy atom. The van der Waals surface area contributed by atoms with E-state index >= 15 is 0 Å². The molecule has 70 valence electrons. The van der Waals surface area contributed by atoms with Crippen LogP contribution >= 0.6 is 0 Å². The van der Waals surface area contributed by atoms with Gasteiger partial charge in [-0.1, -0.05) is 13.3 Å². The van der Waals surface area contributed by atoms with Crippen LogP contribution in [0.2, 0.25) is 0 Å². The first-order valence-corrected chi connectivity index (χ1v) is 4.24. The molecule has 0 aromatic carbocycles. The van der Waals surface area contributed by atoms with Crippen LogP contribution in [0, 0.1) is 5.92 Å². The average Bonchev–Trinajstić information content (AvgIpc) is 2.11. The molecule has 3 heteroatoms. The lowest BCUT2D eigenvalue weighted by Gasteiger charge is -2.06. The summed E-state index contributed by atoms with van der Waals surface area (Å²) in [7, 11) is 1.30. The van der Waals surface area contributed by atoms with Gasteiger partial charge in [0.05, 0.1) is 7.11 Å². The molecular weight excluding hydrogens is 156 g/mol. The van der Waals surface area contributed by atoms with Gasteiger partial charge in [0.25, 0.3) is 0 Å². The summed E-state index contributed by atoms with van der Waals surface area (Å²) in [6, 6.07) is 0. The molecule has 3 nitrogen and oxygen atoms in total. The van der Waals surface area contributed by atoms with Crippen LogP contribution < -0.4 is 0 Å². The number of hydrogen-bond donors (Lipinski definition) is 0. The van der Waals surface area contributed by atoms with Gasteiger partial charge in [-0.3, -0.25) is 9.59 Å². The largest absolute Gasteiger partial charge is 0.468 e. The summed E-state index contributed by atoms with van der Waals surface area (Å²) >= 11 is 0. The van der Waals surface area contributed by atoms with Gasteiger partial charge in [0.15, 0.2) is 0 Å². The summed E-state index contributed by atoms with van der Waals surface area (Å²) in [5, 5.41) is 0. The van der Waals surface area contributed by atoms with Crippen LogP contribution in [-0.2, 0) is 14.3 Å². The number of rotatable bonds is 5. The van der Waals surface area contributed by atoms with Gasteiger partial charge in [-0.25, -0.2) is 0 Å². The monoisotopic (exact) mass is 172 g/mol. The predicted octanol–water partition coefficient (Wildman–Crippen LogP) is 1.55. The zero-order valence-corrected chi connectivity index (χ0v) is 7.92. The lowest BCUT2D eigenvalue weighted by molar-refractivity contribution is -0.148. The molecule has 0 saturated carbocycles. The minimum absolute atomic E-state index is 0.0244. The number of esters is 1. The zero-order valence-electron chi connectivity index (χ0n) is 7.92. The summed E-state index contributed by atoms with van der Waals surface area (Å²) in [5.41, 5.74) is 0. The summed E-state index contributed by atoms with van der Waals surface area (Å²) in [6.45, 7) is 3.60. The molecule has 0 spiro atoms. The number of methoxy groups -OCH3 is 1. The van der Waals surface area contributed by atoms with Gasteiger partial charge in [0, 0.05) is 6.42 Å². The Kier molecular flexibility index (Phi) is 5.34. The van der Waals surface area contributed by atoms with Crippen LogP contribution in [0.1, 0.15) is 33.1 Å². The molecule has 0 bridgehead atoms. The van der Waals surface area contributed by atoms with Gasteiger partial charge < -0.3 is 4.74 Å². The molecule has 0 aliphatic heterocycles. The number of carbonyl (C=O) groups is 2. The van der Waals surface area contributed by atoms with Crippen molar-refractivity contribution in [3.05, 3.63) is 0 Å². The van der Waals surface area contributed by atoms with Crippen LogP contribution in [0.5, 0.6) is 0 Å². The Labute approximate surface area is 73.1 Å². The molecule has 0 N–H and O–H groups in total. The highest BCUT2D eigenvalue weighted by atomic mass is 16.5. The van der Waals surface area contributed by atoms with Crippen molar-refractivity contribution in [3.63, 3.8) is 0 Å². The molecule has 0 radical (unpaired) electrons. The quantitative estimate of drug-likeness (QED) is 0.467. The number of hydrogen-bond acceptors (Lipinski definition) is 3. The van der Waals surface area contributed by atoms with Gasteiger partial charge in [-0.15, -0.1) is 0 Å². The average molecular weight is 172 g/mol. The summed E-state index contributed by atoms with van der Waals surface area (Å²) in [4.78, 5) is 22.1. The maximum absolute atomic E-state index is 11.2. The molecule has 0 aromatic rings. The smallest absolute Gasteiger partial charge is 0.315 e. The van der Waals surface area contributed by atoms with Gasteiger partial charge >= 0.3 is 5.97 Å². The molecular formula is C9H16O3. The molecule has 0 amide bonds. The van der Waals surface area contributed by atoms with Crippen molar-refractivity contribution in [1.29, 1.82) is 0 Å². The van der Waals surface area contributed by atoms with E-state index in [0.717, 1.165) is 12.8 Å². The number of ether oxygens (including phenoxy) is 1. The molecule has 1 atom stereocenters. The minimum Gasteiger partial charge on any atom is -0.468 e. The molecule has 12 heavy (non-hydrogen) atoms. The van der Waals surface area contributed by atoms with Gasteiger partial charge in [0.1, 0.15) is 11.7 Å². The Balaban J connectivity index is 3.84. The SMILES string of the molecule is CCCCC(=O)C(C)C(=O)OC. The lowest BCUT2D eigenvalue weighted by Crippen LogP contribution is -2.21. The molecule has 0 fully saturated rings. The maximum atomic E-state index is 11.2. The Bertz CT molecular complexity index is 163. The van der Waals surface area contributed by atoms with Crippen molar-refractivity contribution in [1.82, 2.24) is 0 Å². The topological polar surface area (TPSA) is 43.4 Å². The second-order valence-electron chi connectivity index (χ2n) is 2.81. The number of Topliss-reactive ketones (excluding diaryl/α,β-unsaturated/α-hetero) is 1. The van der Waals surface area contributed by atoms with E-state index in [1.54, 1.807) is 6.92 Å². The first-order chi connectivity index (χ1) is 5.63. The van der Waals surface area contributed by atoms with Crippen molar-refractivity contribution >= 4 is 11.8 Å². The number of carbonyl (C=O) groups excluding carboxylic acids is 2. The second-order valence-corrected chi connectivity index (χ2v) is 2.81. The molecule has 0 aliphatic carbocycles. The van der Waals surface area contributed by atoms with E-state index in [-0.39, 0.29) is 5.78 Å². The van der Waals surface area contributed by atoms with Crippen molar-refractivity contribution in [2.75, 3.05) is 7.11 Å². The number of unbranched alkanes of at least 4 members (excludes halogenated alkanes) is 1. The van der Waals surface area contributed by atoms with Crippen LogP contribution in [0.3, 0.4) is 0 Å². The summed E-state index contributed by atoms with van der Waals surface area (Å²) in [5.74, 6) is -1.05. The van der Waals surface area contributed by atoms with E-state index in [1.165, 1.54) is 7.11 Å². The highest BCUT2D eigenvalue weighted by Crippen LogP contribution is 2.06. The Hall–Kier alpha value is -0.860. The third-order valence-corrected chi connectivity index (χ3v) is 1.81. The van der Waals surface area contributed by atoms with E-state index < -0.39 is 11.9 Å². The standard InChI is InChI=1S/C9H16O3/c1-4-5-6-8(10)7(2)9(11)12-3/h7H,4-6H2,1-3H3. The highest BCUT2D eigenvalue weighted by molar-refractivity contribution is 5.98. The van der Waals surface area contributed by atoms with Crippen molar-refractivity contribution < 1.29 is 14.3 Å². The normalized spacial score (nSPS) is 12.2. The van der Waals surface area contributed by atoms with E-state index in [0.29, 0.717) is 6.42 Å². The fourth-order valence-electron chi connectivity index (χ4n) is 0.876. The molecule has 1 unspecified atom stereocenters. The summed E-state index contributed by atoms with van der Waals surface area (Å²) in [6.07, 6.45) is 2.30. The van der Waals surface area contributed by atoms with Crippen molar-refractivity contribution in [3.8, 4) is 0 Å². The van der Waals surface area contributed by atoms with Crippen LogP contribution in [0.15, 0.2) is 0 Å². The third-order valence-electron chi connectivity index (χ3n) is 1.81. The van der Waals surface area contributed by atoms with Gasteiger partial charge in [0.2, 0.25) is 0 Å². The first kappa shape index (κ1) is 11.1. The maximum Gasteiger partial charge on any atom is 0.315 e. The van der Waals surface area contributed by atoms with Crippen LogP contribution in [0.4, 0.5) is 0 Å². The van der Waals surface area contributed by atoms with E-state index in [4.69, 9.17) is 0 Å². The Morgan fingerprint density at radius 1 is 1.42 bits per heavy atom. The second kappa shape index (κ2) is 5.75. The fourth-order valence-corrected chi connectivity index (χ4v) is 0.876. The van der Waals surface area contributed by atoms with Crippen molar-refractivity contribution in [2.45, 2.75) is 33.1 Å². The molecule has 0 rings (SSSR count). The van der Waals surface area contributed by atoms with E-state index in [9.17, 15) is 9.59 Å². The fraction of sp³-hybridized carbons (Fsp3) is 0.778. The predicted molar refractivity (Wildman–Crippen MR) is 45.7 cm³/mol.